The van der Waals surface area contributed by atoms with Crippen molar-refractivity contribution in [2.75, 3.05) is 13.2 Å². The van der Waals surface area contributed by atoms with Crippen LogP contribution in [0.15, 0.2) is 42.7 Å². The van der Waals surface area contributed by atoms with Crippen molar-refractivity contribution >= 4 is 0 Å². The van der Waals surface area contributed by atoms with Crippen LogP contribution in [0.4, 0.5) is 0 Å². The van der Waals surface area contributed by atoms with Gasteiger partial charge in [-0.2, -0.15) is 5.10 Å². The summed E-state index contributed by atoms with van der Waals surface area (Å²) < 4.78 is 7.63. The fourth-order valence-corrected chi connectivity index (χ4v) is 1.99. The maximum absolute atomic E-state index is 5.76. The molecule has 4 nitrogen and oxygen atoms in total. The highest BCUT2D eigenvalue weighted by Crippen LogP contribution is 2.18. The molecule has 0 spiro atoms. The molecule has 102 valence electrons. The van der Waals surface area contributed by atoms with Gasteiger partial charge in [0.15, 0.2) is 0 Å². The van der Waals surface area contributed by atoms with E-state index in [0.717, 1.165) is 18.8 Å². The molecule has 0 fully saturated rings. The maximum atomic E-state index is 5.76. The van der Waals surface area contributed by atoms with Crippen molar-refractivity contribution in [2.45, 2.75) is 26.4 Å². The van der Waals surface area contributed by atoms with Crippen LogP contribution in [0.3, 0.4) is 0 Å². The van der Waals surface area contributed by atoms with Gasteiger partial charge in [0.2, 0.25) is 0 Å². The number of hydrogen-bond acceptors (Lipinski definition) is 3. The third-order valence-electron chi connectivity index (χ3n) is 3.02. The zero-order valence-electron chi connectivity index (χ0n) is 11.5. The summed E-state index contributed by atoms with van der Waals surface area (Å²) in [6.45, 7) is 6.62. The van der Waals surface area contributed by atoms with Gasteiger partial charge in [0.1, 0.15) is 12.4 Å². The van der Waals surface area contributed by atoms with Gasteiger partial charge in [-0.05, 0) is 37.2 Å². The molecule has 0 aliphatic rings. The van der Waals surface area contributed by atoms with E-state index in [1.54, 1.807) is 6.20 Å². The van der Waals surface area contributed by atoms with Crippen LogP contribution < -0.4 is 10.1 Å². The van der Waals surface area contributed by atoms with Crippen molar-refractivity contribution in [2.24, 2.45) is 0 Å². The molecule has 0 bridgehead atoms. The van der Waals surface area contributed by atoms with Crippen LogP contribution in [0.2, 0.25) is 0 Å². The third-order valence-corrected chi connectivity index (χ3v) is 3.02. The SMILES string of the molecule is CCNC(C)c1cccc(OCCn2cccn2)c1. The Morgan fingerprint density at radius 3 is 3.00 bits per heavy atom. The molecule has 19 heavy (non-hydrogen) atoms. The summed E-state index contributed by atoms with van der Waals surface area (Å²) in [5.41, 5.74) is 1.25. The molecule has 0 saturated carbocycles. The lowest BCUT2D eigenvalue weighted by atomic mass is 10.1. The van der Waals surface area contributed by atoms with Crippen molar-refractivity contribution < 1.29 is 4.74 Å². The molecule has 1 atom stereocenters. The van der Waals surface area contributed by atoms with Gasteiger partial charge < -0.3 is 10.1 Å². The zero-order valence-corrected chi connectivity index (χ0v) is 11.5. The predicted octanol–water partition coefficient (Wildman–Crippen LogP) is 2.63. The molecule has 2 rings (SSSR count). The second kappa shape index (κ2) is 6.95. The highest BCUT2D eigenvalue weighted by molar-refractivity contribution is 5.30. The average Bonchev–Trinajstić information content (AvgIpc) is 2.93. The number of aromatic nitrogens is 2. The molecule has 1 unspecified atom stereocenters. The summed E-state index contributed by atoms with van der Waals surface area (Å²) in [4.78, 5) is 0. The van der Waals surface area contributed by atoms with Crippen molar-refractivity contribution in [3.63, 3.8) is 0 Å². The Morgan fingerprint density at radius 2 is 2.26 bits per heavy atom. The van der Waals surface area contributed by atoms with E-state index in [1.165, 1.54) is 5.56 Å². The van der Waals surface area contributed by atoms with E-state index in [4.69, 9.17) is 4.74 Å². The Labute approximate surface area is 114 Å². The first kappa shape index (κ1) is 13.6. The van der Waals surface area contributed by atoms with Crippen molar-refractivity contribution in [1.29, 1.82) is 0 Å². The number of rotatable bonds is 7. The number of benzene rings is 1. The molecule has 0 amide bonds. The summed E-state index contributed by atoms with van der Waals surface area (Å²) in [5.74, 6) is 0.911. The normalized spacial score (nSPS) is 12.3. The molecule has 0 aliphatic heterocycles. The Morgan fingerprint density at radius 1 is 1.37 bits per heavy atom. The largest absolute Gasteiger partial charge is 0.492 e. The number of nitrogens with one attached hydrogen (secondary N) is 1. The van der Waals surface area contributed by atoms with Gasteiger partial charge in [-0.3, -0.25) is 4.68 Å². The second-order valence-electron chi connectivity index (χ2n) is 4.47. The van der Waals surface area contributed by atoms with E-state index in [1.807, 2.05) is 29.1 Å². The minimum Gasteiger partial charge on any atom is -0.492 e. The summed E-state index contributed by atoms with van der Waals surface area (Å²) in [5, 5.41) is 7.54. The molecule has 0 saturated heterocycles. The third kappa shape index (κ3) is 4.10. The second-order valence-corrected chi connectivity index (χ2v) is 4.47. The van der Waals surface area contributed by atoms with Crippen LogP contribution in [0.5, 0.6) is 5.75 Å². The van der Waals surface area contributed by atoms with E-state index >= 15 is 0 Å². The predicted molar refractivity (Wildman–Crippen MR) is 76.3 cm³/mol. The Kier molecular flexibility index (Phi) is 4.98. The lowest BCUT2D eigenvalue weighted by molar-refractivity contribution is 0.291. The lowest BCUT2D eigenvalue weighted by Gasteiger charge is -2.14. The molecule has 2 aromatic rings. The van der Waals surface area contributed by atoms with E-state index < -0.39 is 0 Å². The Balaban J connectivity index is 1.88. The molecule has 1 aromatic heterocycles. The van der Waals surface area contributed by atoms with Gasteiger partial charge in [0, 0.05) is 18.4 Å². The van der Waals surface area contributed by atoms with Crippen LogP contribution in [0.1, 0.15) is 25.5 Å². The molecule has 1 heterocycles. The topological polar surface area (TPSA) is 39.1 Å². The van der Waals surface area contributed by atoms with Gasteiger partial charge in [-0.1, -0.05) is 19.1 Å². The Hall–Kier alpha value is -1.81. The van der Waals surface area contributed by atoms with E-state index in [0.29, 0.717) is 12.6 Å². The van der Waals surface area contributed by atoms with E-state index in [2.05, 4.69) is 36.4 Å². The standard InChI is InChI=1S/C15H21N3O/c1-3-16-13(2)14-6-4-7-15(12-14)19-11-10-18-9-5-8-17-18/h4-9,12-13,16H,3,10-11H2,1-2H3. The number of hydrogen-bond donors (Lipinski definition) is 1. The Bertz CT molecular complexity index is 482. The van der Waals surface area contributed by atoms with Gasteiger partial charge >= 0.3 is 0 Å². The summed E-state index contributed by atoms with van der Waals surface area (Å²) >= 11 is 0. The van der Waals surface area contributed by atoms with Crippen molar-refractivity contribution in [3.05, 3.63) is 48.3 Å². The van der Waals surface area contributed by atoms with Crippen LogP contribution in [0, 0.1) is 0 Å². The maximum Gasteiger partial charge on any atom is 0.119 e. The van der Waals surface area contributed by atoms with Crippen LogP contribution in [-0.2, 0) is 6.54 Å². The molecule has 1 aromatic carbocycles. The van der Waals surface area contributed by atoms with Crippen molar-refractivity contribution in [1.82, 2.24) is 15.1 Å². The first-order valence-electron chi connectivity index (χ1n) is 6.73. The summed E-state index contributed by atoms with van der Waals surface area (Å²) in [7, 11) is 0. The quantitative estimate of drug-likeness (QED) is 0.831. The fourth-order valence-electron chi connectivity index (χ4n) is 1.99. The minimum absolute atomic E-state index is 0.347. The van der Waals surface area contributed by atoms with E-state index in [-0.39, 0.29) is 0 Å². The molecule has 1 N–H and O–H groups in total. The van der Waals surface area contributed by atoms with Crippen LogP contribution in [0.25, 0.3) is 0 Å². The zero-order chi connectivity index (χ0) is 13.5. The smallest absolute Gasteiger partial charge is 0.119 e. The first-order chi connectivity index (χ1) is 9.29. The van der Waals surface area contributed by atoms with E-state index in [9.17, 15) is 0 Å². The summed E-state index contributed by atoms with van der Waals surface area (Å²) in [6, 6.07) is 10.5. The minimum atomic E-state index is 0.347. The molecular weight excluding hydrogens is 238 g/mol. The fraction of sp³-hybridized carbons (Fsp3) is 0.400. The first-order valence-corrected chi connectivity index (χ1v) is 6.73. The van der Waals surface area contributed by atoms with Crippen LogP contribution in [-0.4, -0.2) is 22.9 Å². The molecular formula is C15H21N3O. The molecule has 0 radical (unpaired) electrons. The van der Waals surface area contributed by atoms with Crippen LogP contribution >= 0.6 is 0 Å². The average molecular weight is 259 g/mol. The van der Waals surface area contributed by atoms with Gasteiger partial charge in [0.05, 0.1) is 6.54 Å². The van der Waals surface area contributed by atoms with Gasteiger partial charge in [0.25, 0.3) is 0 Å². The molecule has 0 aliphatic carbocycles. The summed E-state index contributed by atoms with van der Waals surface area (Å²) in [6.07, 6.45) is 3.71. The van der Waals surface area contributed by atoms with Gasteiger partial charge in [-0.25, -0.2) is 0 Å². The monoisotopic (exact) mass is 259 g/mol. The lowest BCUT2D eigenvalue weighted by Crippen LogP contribution is -2.17. The van der Waals surface area contributed by atoms with Crippen molar-refractivity contribution in [3.8, 4) is 5.75 Å². The highest BCUT2D eigenvalue weighted by atomic mass is 16.5. The molecule has 4 heteroatoms. The number of nitrogens with zero attached hydrogens (tertiary/aromatic N) is 2. The highest BCUT2D eigenvalue weighted by Gasteiger charge is 2.04. The van der Waals surface area contributed by atoms with Gasteiger partial charge in [-0.15, -0.1) is 0 Å². The number of ether oxygens (including phenoxy) is 1.